The summed E-state index contributed by atoms with van der Waals surface area (Å²) in [6.45, 7) is 9.93. The molecule has 2 unspecified atom stereocenters. The molecule has 0 fully saturated rings. The van der Waals surface area contributed by atoms with Crippen LogP contribution in [0.1, 0.15) is 27.2 Å². The van der Waals surface area contributed by atoms with Gasteiger partial charge in [0, 0.05) is 26.2 Å². The van der Waals surface area contributed by atoms with E-state index in [2.05, 4.69) is 25.8 Å². The molecule has 0 aliphatic carbocycles. The van der Waals surface area contributed by atoms with Crippen molar-refractivity contribution in [2.45, 2.75) is 33.3 Å². The van der Waals surface area contributed by atoms with E-state index < -0.39 is 0 Å². The van der Waals surface area contributed by atoms with E-state index in [4.69, 9.17) is 10.5 Å². The average molecular weight is 202 g/mol. The van der Waals surface area contributed by atoms with E-state index >= 15 is 0 Å². The van der Waals surface area contributed by atoms with Crippen LogP contribution in [-0.4, -0.2) is 44.3 Å². The van der Waals surface area contributed by atoms with Crippen LogP contribution >= 0.6 is 0 Å². The van der Waals surface area contributed by atoms with Crippen molar-refractivity contribution in [3.8, 4) is 0 Å². The maximum atomic E-state index is 5.62. The monoisotopic (exact) mass is 202 g/mol. The Morgan fingerprint density at radius 2 is 1.93 bits per heavy atom. The Hall–Kier alpha value is -0.120. The van der Waals surface area contributed by atoms with Crippen molar-refractivity contribution in [2.24, 2.45) is 11.7 Å². The van der Waals surface area contributed by atoms with Crippen LogP contribution in [0.5, 0.6) is 0 Å². The molecule has 86 valence electrons. The number of nitrogens with zero attached hydrogens (tertiary/aromatic N) is 1. The molecule has 0 rings (SSSR count). The van der Waals surface area contributed by atoms with E-state index in [0.717, 1.165) is 25.6 Å². The fraction of sp³-hybridized carbons (Fsp3) is 1.00. The van der Waals surface area contributed by atoms with Gasteiger partial charge in [0.25, 0.3) is 0 Å². The first-order chi connectivity index (χ1) is 6.63. The molecule has 2 atom stereocenters. The molecule has 0 saturated carbocycles. The van der Waals surface area contributed by atoms with E-state index in [1.54, 1.807) is 0 Å². The quantitative estimate of drug-likeness (QED) is 0.645. The molecule has 3 heteroatoms. The fourth-order valence-electron chi connectivity index (χ4n) is 1.51. The van der Waals surface area contributed by atoms with Crippen molar-refractivity contribution >= 4 is 0 Å². The van der Waals surface area contributed by atoms with Crippen LogP contribution < -0.4 is 5.73 Å². The first-order valence-corrected chi connectivity index (χ1v) is 5.64. The summed E-state index contributed by atoms with van der Waals surface area (Å²) >= 11 is 0. The molecule has 0 radical (unpaired) electrons. The van der Waals surface area contributed by atoms with E-state index in [1.807, 2.05) is 6.92 Å². The number of ether oxygens (including phenoxy) is 1. The van der Waals surface area contributed by atoms with Gasteiger partial charge in [0.1, 0.15) is 0 Å². The van der Waals surface area contributed by atoms with Gasteiger partial charge in [-0.2, -0.15) is 0 Å². The first-order valence-electron chi connectivity index (χ1n) is 5.64. The molecule has 0 bridgehead atoms. The highest BCUT2D eigenvalue weighted by Gasteiger charge is 2.11. The normalized spacial score (nSPS) is 15.9. The highest BCUT2D eigenvalue weighted by atomic mass is 16.5. The summed E-state index contributed by atoms with van der Waals surface area (Å²) in [5.74, 6) is 0.750. The Kier molecular flexibility index (Phi) is 8.14. The molecule has 2 N–H and O–H groups in total. The average Bonchev–Trinajstić information content (AvgIpc) is 2.16. The van der Waals surface area contributed by atoms with E-state index in [1.165, 1.54) is 6.42 Å². The number of likely N-dealkylation sites (N-methyl/N-ethyl adjacent to an activating group) is 1. The molecular weight excluding hydrogens is 176 g/mol. The number of hydrogen-bond acceptors (Lipinski definition) is 3. The summed E-state index contributed by atoms with van der Waals surface area (Å²) in [5.41, 5.74) is 5.62. The highest BCUT2D eigenvalue weighted by Crippen LogP contribution is 2.03. The van der Waals surface area contributed by atoms with Gasteiger partial charge in [-0.1, -0.05) is 20.3 Å². The molecule has 14 heavy (non-hydrogen) atoms. The second kappa shape index (κ2) is 8.21. The van der Waals surface area contributed by atoms with Crippen molar-refractivity contribution in [2.75, 3.05) is 33.3 Å². The van der Waals surface area contributed by atoms with Crippen molar-refractivity contribution in [3.63, 3.8) is 0 Å². The maximum absolute atomic E-state index is 5.62. The Morgan fingerprint density at radius 3 is 2.36 bits per heavy atom. The summed E-state index contributed by atoms with van der Waals surface area (Å²) < 4.78 is 5.51. The summed E-state index contributed by atoms with van der Waals surface area (Å²) in [6, 6.07) is 0. The lowest BCUT2D eigenvalue weighted by Gasteiger charge is -2.25. The summed E-state index contributed by atoms with van der Waals surface area (Å²) in [4.78, 5) is 2.31. The lowest BCUT2D eigenvalue weighted by Crippen LogP contribution is -2.38. The van der Waals surface area contributed by atoms with Crippen LogP contribution in [0.3, 0.4) is 0 Å². The fourth-order valence-corrected chi connectivity index (χ4v) is 1.51. The van der Waals surface area contributed by atoms with Gasteiger partial charge in [-0.25, -0.2) is 0 Å². The molecular formula is C11H26N2O. The standard InChI is InChI=1S/C11H26N2O/c1-5-10(3)8-13(4)9-11(7-12)14-6-2/h10-11H,5-9,12H2,1-4H3. The van der Waals surface area contributed by atoms with Gasteiger partial charge < -0.3 is 15.4 Å². The van der Waals surface area contributed by atoms with E-state index in [9.17, 15) is 0 Å². The third kappa shape index (κ3) is 6.35. The predicted molar refractivity (Wildman–Crippen MR) is 61.4 cm³/mol. The number of hydrogen-bond donors (Lipinski definition) is 1. The van der Waals surface area contributed by atoms with Crippen LogP contribution in [0, 0.1) is 5.92 Å². The number of nitrogens with two attached hydrogens (primary N) is 1. The zero-order valence-corrected chi connectivity index (χ0v) is 10.1. The first kappa shape index (κ1) is 13.9. The topological polar surface area (TPSA) is 38.5 Å². The lowest BCUT2D eigenvalue weighted by molar-refractivity contribution is 0.0425. The smallest absolute Gasteiger partial charge is 0.0823 e. The van der Waals surface area contributed by atoms with Crippen molar-refractivity contribution in [1.82, 2.24) is 4.90 Å². The summed E-state index contributed by atoms with van der Waals surface area (Å²) in [6.07, 6.45) is 1.42. The molecule has 0 amide bonds. The predicted octanol–water partition coefficient (Wildman–Crippen LogP) is 1.33. The van der Waals surface area contributed by atoms with Crippen molar-refractivity contribution < 1.29 is 4.74 Å². The molecule has 0 aromatic heterocycles. The van der Waals surface area contributed by atoms with Gasteiger partial charge in [0.2, 0.25) is 0 Å². The largest absolute Gasteiger partial charge is 0.376 e. The SMILES string of the molecule is CCOC(CN)CN(C)CC(C)CC. The van der Waals surface area contributed by atoms with Crippen LogP contribution in [-0.2, 0) is 4.74 Å². The molecule has 0 spiro atoms. The van der Waals surface area contributed by atoms with E-state index in [0.29, 0.717) is 6.54 Å². The molecule has 0 aromatic carbocycles. The van der Waals surface area contributed by atoms with Gasteiger partial charge in [-0.15, -0.1) is 0 Å². The zero-order valence-electron chi connectivity index (χ0n) is 10.1. The molecule has 0 aliphatic rings. The number of rotatable bonds is 8. The van der Waals surface area contributed by atoms with Gasteiger partial charge >= 0.3 is 0 Å². The minimum absolute atomic E-state index is 0.189. The van der Waals surface area contributed by atoms with Gasteiger partial charge in [-0.05, 0) is 19.9 Å². The molecule has 0 aliphatic heterocycles. The third-order valence-electron chi connectivity index (χ3n) is 2.50. The molecule has 0 saturated heterocycles. The molecule has 0 heterocycles. The Balaban J connectivity index is 3.71. The lowest BCUT2D eigenvalue weighted by atomic mass is 10.1. The minimum Gasteiger partial charge on any atom is -0.376 e. The van der Waals surface area contributed by atoms with Gasteiger partial charge in [0.05, 0.1) is 6.10 Å². The van der Waals surface area contributed by atoms with Crippen LogP contribution in [0.4, 0.5) is 0 Å². The van der Waals surface area contributed by atoms with Gasteiger partial charge in [0.15, 0.2) is 0 Å². The van der Waals surface area contributed by atoms with Crippen molar-refractivity contribution in [3.05, 3.63) is 0 Å². The zero-order chi connectivity index (χ0) is 11.0. The minimum atomic E-state index is 0.189. The van der Waals surface area contributed by atoms with Crippen LogP contribution in [0.2, 0.25) is 0 Å². The Labute approximate surface area is 88.6 Å². The molecule has 3 nitrogen and oxygen atoms in total. The summed E-state index contributed by atoms with van der Waals surface area (Å²) in [7, 11) is 2.13. The van der Waals surface area contributed by atoms with Crippen LogP contribution in [0.15, 0.2) is 0 Å². The maximum Gasteiger partial charge on any atom is 0.0823 e. The van der Waals surface area contributed by atoms with Crippen molar-refractivity contribution in [1.29, 1.82) is 0 Å². The molecule has 0 aromatic rings. The third-order valence-corrected chi connectivity index (χ3v) is 2.50. The van der Waals surface area contributed by atoms with Gasteiger partial charge in [-0.3, -0.25) is 0 Å². The van der Waals surface area contributed by atoms with Crippen LogP contribution in [0.25, 0.3) is 0 Å². The second-order valence-corrected chi connectivity index (χ2v) is 4.05. The highest BCUT2D eigenvalue weighted by molar-refractivity contribution is 4.65. The Morgan fingerprint density at radius 1 is 1.29 bits per heavy atom. The Bertz CT molecular complexity index is 130. The summed E-state index contributed by atoms with van der Waals surface area (Å²) in [5, 5.41) is 0. The second-order valence-electron chi connectivity index (χ2n) is 4.05. The van der Waals surface area contributed by atoms with E-state index in [-0.39, 0.29) is 6.10 Å².